The van der Waals surface area contributed by atoms with Crippen LogP contribution < -0.4 is 5.32 Å². The van der Waals surface area contributed by atoms with Crippen LogP contribution in [-0.4, -0.2) is 51.6 Å². The Kier molecular flexibility index (Phi) is 4.72. The molecule has 4 rings (SSSR count). The predicted octanol–water partition coefficient (Wildman–Crippen LogP) is 2.88. The molecule has 2 heterocycles. The number of hydrogen-bond acceptors (Lipinski definition) is 5. The number of carbonyl (C=O) groups is 2. The van der Waals surface area contributed by atoms with Gasteiger partial charge in [0.05, 0.1) is 5.56 Å². The van der Waals surface area contributed by atoms with Crippen molar-refractivity contribution in [1.29, 1.82) is 0 Å². The first-order valence-electron chi connectivity index (χ1n) is 9.58. The van der Waals surface area contributed by atoms with Crippen molar-refractivity contribution in [3.63, 3.8) is 0 Å². The smallest absolute Gasteiger partial charge is 0.410 e. The number of likely N-dealkylation sites (tertiary alicyclic amines) is 1. The SMILES string of the molecule is CC(C)(C)OC(=O)N1C[C@@H]2C(NC(=O)c3cnc(-c4cccc(F)c4)nc3)[C@@H]2C1. The zero-order valence-electron chi connectivity index (χ0n) is 16.6. The quantitative estimate of drug-likeness (QED) is 0.859. The molecule has 2 fully saturated rings. The van der Waals surface area contributed by atoms with Gasteiger partial charge in [0.1, 0.15) is 11.4 Å². The van der Waals surface area contributed by atoms with Crippen LogP contribution in [0.2, 0.25) is 0 Å². The molecular weight excluding hydrogens is 375 g/mol. The molecule has 0 spiro atoms. The third-order valence-electron chi connectivity index (χ3n) is 5.14. The molecule has 1 N–H and O–H groups in total. The number of piperidine rings is 1. The minimum atomic E-state index is -0.519. The van der Waals surface area contributed by atoms with Crippen molar-refractivity contribution < 1.29 is 18.7 Å². The lowest BCUT2D eigenvalue weighted by molar-refractivity contribution is 0.0270. The number of rotatable bonds is 3. The second-order valence-corrected chi connectivity index (χ2v) is 8.52. The van der Waals surface area contributed by atoms with E-state index in [1.165, 1.54) is 24.5 Å². The molecule has 1 aromatic heterocycles. The van der Waals surface area contributed by atoms with Crippen LogP contribution in [0, 0.1) is 17.7 Å². The molecule has 1 aliphatic heterocycles. The molecule has 2 amide bonds. The lowest BCUT2D eigenvalue weighted by Crippen LogP contribution is -2.40. The van der Waals surface area contributed by atoms with Gasteiger partial charge in [0, 0.05) is 48.9 Å². The zero-order chi connectivity index (χ0) is 20.8. The fraction of sp³-hybridized carbons (Fsp3) is 0.429. The summed E-state index contributed by atoms with van der Waals surface area (Å²) in [4.78, 5) is 34.6. The summed E-state index contributed by atoms with van der Waals surface area (Å²) in [5, 5.41) is 2.99. The van der Waals surface area contributed by atoms with E-state index in [0.717, 1.165) is 0 Å². The van der Waals surface area contributed by atoms with E-state index in [2.05, 4.69) is 15.3 Å². The first kappa shape index (κ1) is 19.3. The summed E-state index contributed by atoms with van der Waals surface area (Å²) in [5.41, 5.74) is 0.379. The Morgan fingerprint density at radius 2 is 1.83 bits per heavy atom. The maximum atomic E-state index is 13.3. The second-order valence-electron chi connectivity index (χ2n) is 8.52. The van der Waals surface area contributed by atoms with E-state index < -0.39 is 5.60 Å². The molecule has 0 bridgehead atoms. The lowest BCUT2D eigenvalue weighted by atomic mass is 10.2. The zero-order valence-corrected chi connectivity index (χ0v) is 16.6. The van der Waals surface area contributed by atoms with Crippen LogP contribution >= 0.6 is 0 Å². The normalized spacial score (nSPS) is 22.8. The Morgan fingerprint density at radius 3 is 2.41 bits per heavy atom. The highest BCUT2D eigenvalue weighted by Gasteiger charge is 2.58. The van der Waals surface area contributed by atoms with Gasteiger partial charge < -0.3 is 15.0 Å². The van der Waals surface area contributed by atoms with E-state index in [-0.39, 0.29) is 35.7 Å². The highest BCUT2D eigenvalue weighted by molar-refractivity contribution is 5.94. The maximum absolute atomic E-state index is 13.3. The predicted molar refractivity (Wildman–Crippen MR) is 103 cm³/mol. The molecule has 1 unspecified atom stereocenters. The summed E-state index contributed by atoms with van der Waals surface area (Å²) in [6.07, 6.45) is 2.57. The van der Waals surface area contributed by atoms with Crippen LogP contribution in [0.15, 0.2) is 36.7 Å². The minimum Gasteiger partial charge on any atom is -0.444 e. The van der Waals surface area contributed by atoms with Crippen molar-refractivity contribution in [2.45, 2.75) is 32.4 Å². The molecule has 29 heavy (non-hydrogen) atoms. The monoisotopic (exact) mass is 398 g/mol. The Labute approximate surface area is 168 Å². The molecule has 8 heteroatoms. The largest absolute Gasteiger partial charge is 0.444 e. The van der Waals surface area contributed by atoms with Crippen LogP contribution in [0.5, 0.6) is 0 Å². The van der Waals surface area contributed by atoms with Crippen molar-refractivity contribution in [2.75, 3.05) is 13.1 Å². The molecule has 2 aliphatic rings. The summed E-state index contributed by atoms with van der Waals surface area (Å²) in [5.74, 6) is 0.239. The standard InChI is InChI=1S/C21H23FN4O3/c1-21(2,3)29-20(28)26-10-15-16(11-26)17(15)25-19(27)13-8-23-18(24-9-13)12-5-4-6-14(22)7-12/h4-9,15-17H,10-11H2,1-3H3,(H,25,27)/t15-,16+,17?. The highest BCUT2D eigenvalue weighted by atomic mass is 19.1. The first-order chi connectivity index (χ1) is 13.7. The number of fused-ring (bicyclic) bond motifs is 1. The average molecular weight is 398 g/mol. The van der Waals surface area contributed by atoms with Crippen LogP contribution in [0.25, 0.3) is 11.4 Å². The molecule has 152 valence electrons. The molecule has 1 saturated heterocycles. The van der Waals surface area contributed by atoms with E-state index in [9.17, 15) is 14.0 Å². The van der Waals surface area contributed by atoms with Gasteiger partial charge >= 0.3 is 6.09 Å². The third-order valence-corrected chi connectivity index (χ3v) is 5.14. The summed E-state index contributed by atoms with van der Waals surface area (Å²) in [6.45, 7) is 6.68. The van der Waals surface area contributed by atoms with Crippen molar-refractivity contribution in [1.82, 2.24) is 20.2 Å². The Morgan fingerprint density at radius 1 is 1.17 bits per heavy atom. The number of benzene rings is 1. The number of carbonyl (C=O) groups excluding carboxylic acids is 2. The van der Waals surface area contributed by atoms with Crippen molar-refractivity contribution in [3.05, 3.63) is 48.0 Å². The van der Waals surface area contributed by atoms with E-state index in [0.29, 0.717) is 30.0 Å². The fourth-order valence-electron chi connectivity index (χ4n) is 3.67. The van der Waals surface area contributed by atoms with Gasteiger partial charge in [0.2, 0.25) is 0 Å². The molecule has 1 aromatic carbocycles. The lowest BCUT2D eigenvalue weighted by Gasteiger charge is -2.26. The maximum Gasteiger partial charge on any atom is 0.410 e. The molecule has 0 radical (unpaired) electrons. The number of halogens is 1. The topological polar surface area (TPSA) is 84.4 Å². The van der Waals surface area contributed by atoms with E-state index in [4.69, 9.17) is 4.74 Å². The summed E-state index contributed by atoms with van der Waals surface area (Å²) in [6, 6.07) is 6.03. The van der Waals surface area contributed by atoms with E-state index >= 15 is 0 Å². The first-order valence-corrected chi connectivity index (χ1v) is 9.58. The van der Waals surface area contributed by atoms with Crippen LogP contribution in [0.3, 0.4) is 0 Å². The van der Waals surface area contributed by atoms with Gasteiger partial charge in [0.25, 0.3) is 5.91 Å². The highest BCUT2D eigenvalue weighted by Crippen LogP contribution is 2.45. The molecule has 3 atom stereocenters. The van der Waals surface area contributed by atoms with Crippen molar-refractivity contribution >= 4 is 12.0 Å². The molecule has 1 saturated carbocycles. The Balaban J connectivity index is 1.31. The van der Waals surface area contributed by atoms with Crippen LogP contribution in [0.1, 0.15) is 31.1 Å². The molecule has 7 nitrogen and oxygen atoms in total. The van der Waals surface area contributed by atoms with Crippen LogP contribution in [0.4, 0.5) is 9.18 Å². The molecule has 2 aromatic rings. The summed E-state index contributed by atoms with van der Waals surface area (Å²) >= 11 is 0. The number of hydrogen-bond donors (Lipinski definition) is 1. The number of aromatic nitrogens is 2. The van der Waals surface area contributed by atoms with E-state index in [1.54, 1.807) is 17.0 Å². The van der Waals surface area contributed by atoms with Gasteiger partial charge in [-0.25, -0.2) is 19.2 Å². The van der Waals surface area contributed by atoms with Gasteiger partial charge in [-0.3, -0.25) is 4.79 Å². The minimum absolute atomic E-state index is 0.0454. The summed E-state index contributed by atoms with van der Waals surface area (Å²) in [7, 11) is 0. The van der Waals surface area contributed by atoms with Gasteiger partial charge in [-0.1, -0.05) is 12.1 Å². The van der Waals surface area contributed by atoms with Gasteiger partial charge in [-0.15, -0.1) is 0 Å². The fourth-order valence-corrected chi connectivity index (χ4v) is 3.67. The Hall–Kier alpha value is -3.03. The number of ether oxygens (including phenoxy) is 1. The average Bonchev–Trinajstić information content (AvgIpc) is 3.09. The van der Waals surface area contributed by atoms with Crippen molar-refractivity contribution in [3.8, 4) is 11.4 Å². The second kappa shape index (κ2) is 7.09. The summed E-state index contributed by atoms with van der Waals surface area (Å²) < 4.78 is 18.7. The number of nitrogens with zero attached hydrogens (tertiary/aromatic N) is 3. The van der Waals surface area contributed by atoms with Gasteiger partial charge in [-0.05, 0) is 32.9 Å². The van der Waals surface area contributed by atoms with Crippen LogP contribution in [-0.2, 0) is 4.74 Å². The molecule has 1 aliphatic carbocycles. The Bertz CT molecular complexity index is 930. The third kappa shape index (κ3) is 4.21. The van der Waals surface area contributed by atoms with Crippen molar-refractivity contribution in [2.24, 2.45) is 11.8 Å². The number of amides is 2. The van der Waals surface area contributed by atoms with Gasteiger partial charge in [-0.2, -0.15) is 0 Å². The molecular formula is C21H23FN4O3. The van der Waals surface area contributed by atoms with E-state index in [1.807, 2.05) is 20.8 Å². The number of nitrogens with one attached hydrogen (secondary N) is 1. The van der Waals surface area contributed by atoms with Gasteiger partial charge in [0.15, 0.2) is 5.82 Å².